The third-order valence-corrected chi connectivity index (χ3v) is 5.03. The number of amides is 1. The molecule has 0 spiro atoms. The number of esters is 1. The molecule has 0 saturated carbocycles. The predicted molar refractivity (Wildman–Crippen MR) is 122 cm³/mol. The van der Waals surface area contributed by atoms with Crippen molar-refractivity contribution in [3.8, 4) is 11.5 Å². The quantitative estimate of drug-likeness (QED) is 0.203. The van der Waals surface area contributed by atoms with Gasteiger partial charge in [-0.05, 0) is 41.9 Å². The first-order valence-electron chi connectivity index (χ1n) is 10.2. The summed E-state index contributed by atoms with van der Waals surface area (Å²) in [6, 6.07) is 1.79. The van der Waals surface area contributed by atoms with Crippen LogP contribution in [0.2, 0.25) is 0 Å². The SMILES string of the molecule is CC(C)c1cc2c(c(C(C)C)c1CCCNC(=O)OCC(Cl)(Cl)Cl)OC(C(=O)OC(=O)O)O2. The van der Waals surface area contributed by atoms with Gasteiger partial charge in [0, 0.05) is 12.1 Å². The van der Waals surface area contributed by atoms with Crippen molar-refractivity contribution in [3.63, 3.8) is 0 Å². The third-order valence-electron chi connectivity index (χ3n) is 4.71. The van der Waals surface area contributed by atoms with Gasteiger partial charge in [0.15, 0.2) is 11.5 Å². The van der Waals surface area contributed by atoms with Crippen LogP contribution in [0.25, 0.3) is 0 Å². The lowest BCUT2D eigenvalue weighted by Crippen LogP contribution is -2.32. The lowest BCUT2D eigenvalue weighted by atomic mass is 9.85. The number of alkyl halides is 3. The van der Waals surface area contributed by atoms with E-state index in [2.05, 4.69) is 10.1 Å². The Morgan fingerprint density at radius 2 is 1.82 bits per heavy atom. The Balaban J connectivity index is 2.17. The van der Waals surface area contributed by atoms with Crippen molar-refractivity contribution in [2.24, 2.45) is 0 Å². The van der Waals surface area contributed by atoms with Crippen LogP contribution in [0.4, 0.5) is 9.59 Å². The van der Waals surface area contributed by atoms with Crippen LogP contribution in [-0.4, -0.2) is 46.6 Å². The maximum Gasteiger partial charge on any atom is 0.513 e. The molecule has 1 amide bonds. The molecule has 2 N–H and O–H groups in total. The Morgan fingerprint density at radius 1 is 1.15 bits per heavy atom. The van der Waals surface area contributed by atoms with Gasteiger partial charge in [-0.3, -0.25) is 0 Å². The zero-order chi connectivity index (χ0) is 24.9. The van der Waals surface area contributed by atoms with Gasteiger partial charge in [0.1, 0.15) is 6.61 Å². The molecule has 2 rings (SSSR count). The van der Waals surface area contributed by atoms with Crippen molar-refractivity contribution in [2.45, 2.75) is 62.5 Å². The van der Waals surface area contributed by atoms with E-state index in [0.717, 1.165) is 16.7 Å². The number of carbonyl (C=O) groups is 3. The molecule has 0 bridgehead atoms. The van der Waals surface area contributed by atoms with Crippen LogP contribution >= 0.6 is 34.8 Å². The number of rotatable bonds is 8. The highest BCUT2D eigenvalue weighted by Crippen LogP contribution is 2.46. The molecule has 1 aromatic rings. The summed E-state index contributed by atoms with van der Waals surface area (Å²) in [4.78, 5) is 34.4. The molecule has 1 heterocycles. The predicted octanol–water partition coefficient (Wildman–Crippen LogP) is 5.28. The van der Waals surface area contributed by atoms with Gasteiger partial charge in [0.25, 0.3) is 0 Å². The average Bonchev–Trinajstić information content (AvgIpc) is 3.11. The Morgan fingerprint density at radius 3 is 2.36 bits per heavy atom. The molecule has 1 aliphatic rings. The van der Waals surface area contributed by atoms with Crippen LogP contribution in [-0.2, 0) is 20.7 Å². The van der Waals surface area contributed by atoms with Gasteiger partial charge in [-0.15, -0.1) is 0 Å². The van der Waals surface area contributed by atoms with Crippen molar-refractivity contribution in [3.05, 3.63) is 22.8 Å². The number of hydrogen-bond donors (Lipinski definition) is 2. The van der Waals surface area contributed by atoms with E-state index in [-0.39, 0.29) is 18.4 Å². The Hall–Kier alpha value is -2.10. The van der Waals surface area contributed by atoms with Gasteiger partial charge in [-0.2, -0.15) is 0 Å². The molecule has 1 aliphatic heterocycles. The molecule has 33 heavy (non-hydrogen) atoms. The molecule has 1 unspecified atom stereocenters. The first kappa shape index (κ1) is 27.1. The monoisotopic (exact) mass is 525 g/mol. The summed E-state index contributed by atoms with van der Waals surface area (Å²) in [7, 11) is 0. The van der Waals surface area contributed by atoms with Crippen molar-refractivity contribution < 1.29 is 38.4 Å². The van der Waals surface area contributed by atoms with Crippen molar-refractivity contribution >= 4 is 53.0 Å². The molecular weight excluding hydrogens is 501 g/mol. The van der Waals surface area contributed by atoms with Gasteiger partial charge in [-0.25, -0.2) is 14.4 Å². The average molecular weight is 527 g/mol. The van der Waals surface area contributed by atoms with E-state index in [0.29, 0.717) is 30.9 Å². The van der Waals surface area contributed by atoms with E-state index in [1.165, 1.54) is 0 Å². The minimum Gasteiger partial charge on any atom is -0.449 e. The standard InChI is InChI=1S/C21H26Cl3NO8/c1-10(2)13-8-14-16(32-18(31-14)17(26)33-20(28)29)15(11(3)4)12(13)6-5-7-25-19(27)30-9-21(22,23)24/h8,10-11,18H,5-7,9H2,1-4H3,(H,25,27)(H,28,29). The number of carbonyl (C=O) groups excluding carboxylic acids is 2. The largest absolute Gasteiger partial charge is 0.513 e. The van der Waals surface area contributed by atoms with E-state index >= 15 is 0 Å². The minimum atomic E-state index is -1.74. The summed E-state index contributed by atoms with van der Waals surface area (Å²) in [6.45, 7) is 7.94. The summed E-state index contributed by atoms with van der Waals surface area (Å²) in [5.41, 5.74) is 2.85. The molecule has 0 saturated heterocycles. The minimum absolute atomic E-state index is 0.00695. The van der Waals surface area contributed by atoms with E-state index < -0.39 is 28.3 Å². The molecule has 1 aromatic carbocycles. The lowest BCUT2D eigenvalue weighted by molar-refractivity contribution is -0.156. The molecule has 9 nitrogen and oxygen atoms in total. The molecule has 12 heteroatoms. The normalized spacial score (nSPS) is 15.0. The van der Waals surface area contributed by atoms with E-state index in [9.17, 15) is 14.4 Å². The third kappa shape index (κ3) is 7.72. The molecule has 184 valence electrons. The second-order valence-corrected chi connectivity index (χ2v) is 10.5. The Labute approximate surface area is 206 Å². The summed E-state index contributed by atoms with van der Waals surface area (Å²) < 4.78 is 18.5. The molecule has 1 atom stereocenters. The zero-order valence-corrected chi connectivity index (χ0v) is 20.8. The highest BCUT2D eigenvalue weighted by Gasteiger charge is 2.37. The van der Waals surface area contributed by atoms with Crippen molar-refractivity contribution in [2.75, 3.05) is 13.2 Å². The Bertz CT molecular complexity index is 898. The summed E-state index contributed by atoms with van der Waals surface area (Å²) in [5, 5.41) is 11.3. The second kappa shape index (κ2) is 11.4. The van der Waals surface area contributed by atoms with E-state index in [1.54, 1.807) is 6.07 Å². The number of hydrogen-bond acceptors (Lipinski definition) is 7. The lowest BCUT2D eigenvalue weighted by Gasteiger charge is -2.22. The van der Waals surface area contributed by atoms with E-state index in [4.69, 9.17) is 54.1 Å². The van der Waals surface area contributed by atoms with Crippen LogP contribution in [0, 0.1) is 0 Å². The van der Waals surface area contributed by atoms with Crippen LogP contribution < -0.4 is 14.8 Å². The highest BCUT2D eigenvalue weighted by atomic mass is 35.6. The van der Waals surface area contributed by atoms with Gasteiger partial charge in [0.2, 0.25) is 3.79 Å². The topological polar surface area (TPSA) is 120 Å². The van der Waals surface area contributed by atoms with Crippen molar-refractivity contribution in [1.82, 2.24) is 5.32 Å². The van der Waals surface area contributed by atoms with Crippen LogP contribution in [0.5, 0.6) is 11.5 Å². The fraction of sp³-hybridized carbons (Fsp3) is 0.571. The fourth-order valence-corrected chi connectivity index (χ4v) is 3.63. The van der Waals surface area contributed by atoms with E-state index in [1.807, 2.05) is 27.7 Å². The fourth-order valence-electron chi connectivity index (χ4n) is 3.46. The van der Waals surface area contributed by atoms with Crippen LogP contribution in [0.1, 0.15) is 62.6 Å². The van der Waals surface area contributed by atoms with Gasteiger partial charge in [-0.1, -0.05) is 62.5 Å². The van der Waals surface area contributed by atoms with Gasteiger partial charge >= 0.3 is 24.5 Å². The number of alkyl carbamates (subject to hydrolysis) is 1. The second-order valence-electron chi connectivity index (χ2n) is 7.97. The number of nitrogens with one attached hydrogen (secondary N) is 1. The molecular formula is C21H26Cl3NO8. The smallest absolute Gasteiger partial charge is 0.449 e. The Kier molecular flexibility index (Phi) is 9.34. The van der Waals surface area contributed by atoms with Gasteiger partial charge in [0.05, 0.1) is 0 Å². The summed E-state index contributed by atoms with van der Waals surface area (Å²) >= 11 is 16.7. The first-order valence-corrected chi connectivity index (χ1v) is 11.4. The number of fused-ring (bicyclic) bond motifs is 1. The van der Waals surface area contributed by atoms with Crippen LogP contribution in [0.15, 0.2) is 6.07 Å². The molecule has 0 radical (unpaired) electrons. The highest BCUT2D eigenvalue weighted by molar-refractivity contribution is 6.67. The zero-order valence-electron chi connectivity index (χ0n) is 18.6. The number of carboxylic acid groups (broad SMARTS) is 1. The molecule has 0 aliphatic carbocycles. The maximum atomic E-state index is 12.0. The van der Waals surface area contributed by atoms with Crippen LogP contribution in [0.3, 0.4) is 0 Å². The summed E-state index contributed by atoms with van der Waals surface area (Å²) in [5.74, 6) is -0.288. The number of ether oxygens (including phenoxy) is 4. The molecule has 0 aromatic heterocycles. The maximum absolute atomic E-state index is 12.0. The van der Waals surface area contributed by atoms with Crippen molar-refractivity contribution in [1.29, 1.82) is 0 Å². The number of halogens is 3. The molecule has 0 fully saturated rings. The first-order chi connectivity index (χ1) is 15.3. The summed E-state index contributed by atoms with van der Waals surface area (Å²) in [6.07, 6.45) is -2.77. The van der Waals surface area contributed by atoms with Gasteiger partial charge < -0.3 is 29.4 Å². The number of benzene rings is 1.